The topological polar surface area (TPSA) is 94.6 Å². The molecule has 1 atom stereocenters. The Kier molecular flexibility index (Phi) is 8.71. The second-order valence-corrected chi connectivity index (χ2v) is 11.2. The minimum Gasteiger partial charge on any atom is -0.497 e. The Morgan fingerprint density at radius 1 is 1.11 bits per heavy atom. The quantitative estimate of drug-likeness (QED) is 0.355. The number of hydrogen-bond donors (Lipinski definition) is 1. The zero-order valence-electron chi connectivity index (χ0n) is 20.2. The van der Waals surface area contributed by atoms with Crippen LogP contribution in [0.5, 0.6) is 5.75 Å². The summed E-state index contributed by atoms with van der Waals surface area (Å²) in [6.45, 7) is -0.0396. The number of rotatable bonds is 9. The van der Waals surface area contributed by atoms with Gasteiger partial charge >= 0.3 is 0 Å². The van der Waals surface area contributed by atoms with Gasteiger partial charge in [0.1, 0.15) is 34.9 Å². The summed E-state index contributed by atoms with van der Waals surface area (Å²) < 4.78 is 52.6. The second kappa shape index (κ2) is 12.0. The standard InChI is InChI=1S/C27H23Cl2FN2O5S/c1-36-22-8-10-23(11-9-22)38(34,35)32-27(33)25-4-2-3-21(31-25)14-18-13-19(28)7-12-26(18)37-16-17-5-6-20(29)15-24(17)30/h2-10,12-13,15,23H,11,14,16H2,1H3,(H,32,33). The molecule has 38 heavy (non-hydrogen) atoms. The fourth-order valence-corrected chi connectivity index (χ4v) is 5.24. The van der Waals surface area contributed by atoms with E-state index in [9.17, 15) is 17.6 Å². The number of methoxy groups -OCH3 is 1. The Labute approximate surface area is 230 Å². The summed E-state index contributed by atoms with van der Waals surface area (Å²) in [7, 11) is -2.50. The van der Waals surface area contributed by atoms with Gasteiger partial charge in [-0.05, 0) is 61.0 Å². The number of pyridine rings is 1. The number of amides is 1. The summed E-state index contributed by atoms with van der Waals surface area (Å²) in [6, 6.07) is 14.0. The number of halogens is 3. The monoisotopic (exact) mass is 576 g/mol. The number of carbonyl (C=O) groups is 1. The van der Waals surface area contributed by atoms with Gasteiger partial charge in [0, 0.05) is 33.3 Å². The van der Waals surface area contributed by atoms with Crippen LogP contribution in [0.25, 0.3) is 0 Å². The van der Waals surface area contributed by atoms with Gasteiger partial charge in [0.2, 0.25) is 10.0 Å². The first-order chi connectivity index (χ1) is 18.1. The summed E-state index contributed by atoms with van der Waals surface area (Å²) in [4.78, 5) is 17.1. The average Bonchev–Trinajstić information content (AvgIpc) is 2.89. The van der Waals surface area contributed by atoms with Crippen molar-refractivity contribution in [3.63, 3.8) is 0 Å². The van der Waals surface area contributed by atoms with Crippen molar-refractivity contribution in [2.45, 2.75) is 24.7 Å². The summed E-state index contributed by atoms with van der Waals surface area (Å²) >= 11 is 12.0. The predicted molar refractivity (Wildman–Crippen MR) is 143 cm³/mol. The number of nitrogens with zero attached hydrogens (tertiary/aromatic N) is 1. The lowest BCUT2D eigenvalue weighted by atomic mass is 10.1. The smallest absolute Gasteiger partial charge is 0.283 e. The molecule has 0 saturated carbocycles. The molecule has 1 heterocycles. The number of carbonyl (C=O) groups excluding carboxylic acids is 1. The van der Waals surface area contributed by atoms with Crippen LogP contribution in [0.2, 0.25) is 10.0 Å². The molecule has 1 unspecified atom stereocenters. The first-order valence-electron chi connectivity index (χ1n) is 11.4. The van der Waals surface area contributed by atoms with Crippen LogP contribution in [0, 0.1) is 5.82 Å². The van der Waals surface area contributed by atoms with Crippen LogP contribution in [0.15, 0.2) is 78.6 Å². The minimum atomic E-state index is -3.99. The van der Waals surface area contributed by atoms with E-state index in [0.29, 0.717) is 33.4 Å². The maximum absolute atomic E-state index is 14.2. The third kappa shape index (κ3) is 6.92. The van der Waals surface area contributed by atoms with Crippen molar-refractivity contribution < 1.29 is 27.1 Å². The third-order valence-corrected chi connectivity index (χ3v) is 7.81. The van der Waals surface area contributed by atoms with E-state index in [1.54, 1.807) is 54.6 Å². The van der Waals surface area contributed by atoms with Crippen molar-refractivity contribution in [3.05, 3.63) is 117 Å². The largest absolute Gasteiger partial charge is 0.497 e. The molecule has 0 aliphatic heterocycles. The van der Waals surface area contributed by atoms with Gasteiger partial charge < -0.3 is 9.47 Å². The zero-order valence-corrected chi connectivity index (χ0v) is 22.5. The molecule has 0 bridgehead atoms. The van der Waals surface area contributed by atoms with Gasteiger partial charge in [0.25, 0.3) is 5.91 Å². The highest BCUT2D eigenvalue weighted by Gasteiger charge is 2.27. The van der Waals surface area contributed by atoms with Gasteiger partial charge in [0.15, 0.2) is 0 Å². The highest BCUT2D eigenvalue weighted by molar-refractivity contribution is 7.90. The van der Waals surface area contributed by atoms with Crippen molar-refractivity contribution in [1.82, 2.24) is 9.71 Å². The van der Waals surface area contributed by atoms with Gasteiger partial charge in [0.05, 0.1) is 7.11 Å². The summed E-state index contributed by atoms with van der Waals surface area (Å²) in [6.07, 6.45) is 5.05. The molecule has 0 spiro atoms. The Balaban J connectivity index is 1.47. The number of sulfonamides is 1. The Bertz CT molecular complexity index is 1530. The molecule has 4 rings (SSSR count). The summed E-state index contributed by atoms with van der Waals surface area (Å²) in [5.74, 6) is -0.319. The molecular formula is C27H23Cl2FN2O5S. The number of aromatic nitrogens is 1. The van der Waals surface area contributed by atoms with Gasteiger partial charge in [-0.3, -0.25) is 4.79 Å². The van der Waals surface area contributed by atoms with Crippen LogP contribution in [0.3, 0.4) is 0 Å². The summed E-state index contributed by atoms with van der Waals surface area (Å²) in [5, 5.41) is -0.171. The first kappa shape index (κ1) is 27.6. The number of allylic oxidation sites excluding steroid dienone is 2. The van der Waals surface area contributed by atoms with E-state index in [1.165, 1.54) is 25.3 Å². The van der Waals surface area contributed by atoms with E-state index in [0.717, 1.165) is 0 Å². The van der Waals surface area contributed by atoms with Crippen LogP contribution < -0.4 is 9.46 Å². The molecule has 7 nitrogen and oxygen atoms in total. The molecule has 1 aliphatic carbocycles. The van der Waals surface area contributed by atoms with E-state index in [4.69, 9.17) is 32.7 Å². The molecule has 11 heteroatoms. The number of nitrogens with one attached hydrogen (secondary N) is 1. The molecule has 1 aliphatic rings. The van der Waals surface area contributed by atoms with E-state index < -0.39 is 27.0 Å². The molecule has 0 fully saturated rings. The van der Waals surface area contributed by atoms with E-state index >= 15 is 0 Å². The molecule has 1 N–H and O–H groups in total. The number of hydrogen-bond acceptors (Lipinski definition) is 6. The Morgan fingerprint density at radius 2 is 1.87 bits per heavy atom. The second-order valence-electron chi connectivity index (χ2n) is 8.39. The molecular weight excluding hydrogens is 554 g/mol. The maximum atomic E-state index is 14.2. The molecule has 1 aromatic heterocycles. The fourth-order valence-electron chi connectivity index (χ4n) is 3.74. The molecule has 1 amide bonds. The first-order valence-corrected chi connectivity index (χ1v) is 13.7. The van der Waals surface area contributed by atoms with Gasteiger partial charge in [-0.15, -0.1) is 0 Å². The number of ether oxygens (including phenoxy) is 2. The highest BCUT2D eigenvalue weighted by atomic mass is 35.5. The molecule has 3 aromatic rings. The Morgan fingerprint density at radius 3 is 2.58 bits per heavy atom. The maximum Gasteiger partial charge on any atom is 0.283 e. The number of benzene rings is 2. The van der Waals surface area contributed by atoms with Crippen molar-refractivity contribution >= 4 is 39.1 Å². The van der Waals surface area contributed by atoms with Crippen molar-refractivity contribution in [3.8, 4) is 5.75 Å². The third-order valence-electron chi connectivity index (χ3n) is 5.73. The van der Waals surface area contributed by atoms with Crippen LogP contribution >= 0.6 is 23.2 Å². The fraction of sp³-hybridized carbons (Fsp3) is 0.185. The molecule has 198 valence electrons. The minimum absolute atomic E-state index is 0.0396. The van der Waals surface area contributed by atoms with Crippen molar-refractivity contribution in [2.75, 3.05) is 7.11 Å². The molecule has 0 radical (unpaired) electrons. The lowest BCUT2D eigenvalue weighted by Gasteiger charge is -2.17. The zero-order chi connectivity index (χ0) is 27.3. The van der Waals surface area contributed by atoms with Crippen LogP contribution in [-0.2, 0) is 27.8 Å². The SMILES string of the molecule is COC1=CCC(S(=O)(=O)NC(=O)c2cccc(Cc3cc(Cl)ccc3OCc3ccc(Cl)cc3F)n2)C=C1. The van der Waals surface area contributed by atoms with Gasteiger partial charge in [-0.2, -0.15) is 0 Å². The normalized spacial score (nSPS) is 15.1. The van der Waals surface area contributed by atoms with Gasteiger partial charge in [-0.1, -0.05) is 41.4 Å². The highest BCUT2D eigenvalue weighted by Crippen LogP contribution is 2.27. The van der Waals surface area contributed by atoms with Crippen LogP contribution in [0.4, 0.5) is 4.39 Å². The van der Waals surface area contributed by atoms with Crippen molar-refractivity contribution in [2.24, 2.45) is 0 Å². The lowest BCUT2D eigenvalue weighted by Crippen LogP contribution is -2.38. The molecule has 2 aromatic carbocycles. The van der Waals surface area contributed by atoms with Crippen LogP contribution in [0.1, 0.15) is 33.7 Å². The van der Waals surface area contributed by atoms with E-state index in [1.807, 2.05) is 0 Å². The Hall–Kier alpha value is -3.40. The van der Waals surface area contributed by atoms with E-state index in [-0.39, 0.29) is 30.2 Å². The predicted octanol–water partition coefficient (Wildman–Crippen LogP) is 5.62. The van der Waals surface area contributed by atoms with E-state index in [2.05, 4.69) is 9.71 Å². The van der Waals surface area contributed by atoms with Crippen molar-refractivity contribution in [1.29, 1.82) is 0 Å². The van der Waals surface area contributed by atoms with Gasteiger partial charge in [-0.25, -0.2) is 22.5 Å². The lowest BCUT2D eigenvalue weighted by molar-refractivity contribution is 0.0976. The average molecular weight is 577 g/mol. The summed E-state index contributed by atoms with van der Waals surface area (Å²) in [5.41, 5.74) is 1.39. The van der Waals surface area contributed by atoms with Crippen LogP contribution in [-0.4, -0.2) is 31.7 Å². The molecule has 0 saturated heterocycles.